The number of carbonyl (C=O) groups is 1. The van der Waals surface area contributed by atoms with Crippen molar-refractivity contribution in [2.45, 2.75) is 19.9 Å². The SMILES string of the molecule is Cc1nc2ccccc2n1CC(=O)NCCCN. The number of benzene rings is 1. The number of carbonyl (C=O) groups excluding carboxylic acids is 1. The maximum atomic E-state index is 11.8. The normalized spacial score (nSPS) is 10.8. The minimum absolute atomic E-state index is 0.00490. The van der Waals surface area contributed by atoms with Gasteiger partial charge in [0.25, 0.3) is 0 Å². The minimum atomic E-state index is -0.00490. The van der Waals surface area contributed by atoms with Crippen LogP contribution in [-0.2, 0) is 11.3 Å². The van der Waals surface area contributed by atoms with Crippen LogP contribution in [0.2, 0.25) is 0 Å². The molecule has 5 nitrogen and oxygen atoms in total. The second-order valence-electron chi connectivity index (χ2n) is 4.23. The number of imidazole rings is 1. The number of hydrogen-bond acceptors (Lipinski definition) is 3. The van der Waals surface area contributed by atoms with Crippen LogP contribution in [0.5, 0.6) is 0 Å². The van der Waals surface area contributed by atoms with Crippen LogP contribution < -0.4 is 11.1 Å². The van der Waals surface area contributed by atoms with Gasteiger partial charge in [-0.15, -0.1) is 0 Å². The number of nitrogens with one attached hydrogen (secondary N) is 1. The molecule has 1 heterocycles. The van der Waals surface area contributed by atoms with E-state index >= 15 is 0 Å². The maximum Gasteiger partial charge on any atom is 0.240 e. The Labute approximate surface area is 106 Å². The number of para-hydroxylation sites is 2. The zero-order valence-electron chi connectivity index (χ0n) is 10.5. The Balaban J connectivity index is 2.11. The Morgan fingerprint density at radius 1 is 1.44 bits per heavy atom. The molecule has 0 saturated heterocycles. The summed E-state index contributed by atoms with van der Waals surface area (Å²) < 4.78 is 1.92. The number of amides is 1. The smallest absolute Gasteiger partial charge is 0.240 e. The Morgan fingerprint density at radius 2 is 2.22 bits per heavy atom. The molecule has 2 aromatic rings. The van der Waals surface area contributed by atoms with Gasteiger partial charge in [0.1, 0.15) is 12.4 Å². The Hall–Kier alpha value is -1.88. The summed E-state index contributed by atoms with van der Waals surface area (Å²) >= 11 is 0. The molecule has 5 heteroatoms. The van der Waals surface area contributed by atoms with Crippen molar-refractivity contribution in [2.24, 2.45) is 5.73 Å². The molecule has 0 atom stereocenters. The van der Waals surface area contributed by atoms with E-state index in [1.54, 1.807) is 0 Å². The van der Waals surface area contributed by atoms with Crippen LogP contribution in [0, 0.1) is 6.92 Å². The molecule has 0 saturated carbocycles. The fourth-order valence-corrected chi connectivity index (χ4v) is 1.92. The number of nitrogens with two attached hydrogens (primary N) is 1. The highest BCUT2D eigenvalue weighted by atomic mass is 16.1. The Kier molecular flexibility index (Phi) is 3.94. The standard InChI is InChI=1S/C13H18N4O/c1-10-16-11-5-2-3-6-12(11)17(10)9-13(18)15-8-4-7-14/h2-3,5-6H,4,7-9,14H2,1H3,(H,15,18). The highest BCUT2D eigenvalue weighted by Crippen LogP contribution is 2.14. The fourth-order valence-electron chi connectivity index (χ4n) is 1.92. The average Bonchev–Trinajstić information content (AvgIpc) is 2.67. The summed E-state index contributed by atoms with van der Waals surface area (Å²) in [5.41, 5.74) is 7.29. The molecule has 96 valence electrons. The molecule has 0 spiro atoms. The van der Waals surface area contributed by atoms with Crippen molar-refractivity contribution in [3.05, 3.63) is 30.1 Å². The lowest BCUT2D eigenvalue weighted by Gasteiger charge is -2.07. The first kappa shape index (κ1) is 12.6. The molecule has 0 unspecified atom stereocenters. The van der Waals surface area contributed by atoms with Crippen LogP contribution in [0.4, 0.5) is 0 Å². The van der Waals surface area contributed by atoms with Crippen LogP contribution in [-0.4, -0.2) is 28.5 Å². The molecule has 1 aromatic heterocycles. The predicted molar refractivity (Wildman–Crippen MR) is 71.2 cm³/mol. The first-order chi connectivity index (χ1) is 8.72. The highest BCUT2D eigenvalue weighted by molar-refractivity contribution is 5.81. The molecule has 0 aliphatic heterocycles. The van der Waals surface area contributed by atoms with Crippen LogP contribution in [0.15, 0.2) is 24.3 Å². The summed E-state index contributed by atoms with van der Waals surface area (Å²) in [7, 11) is 0. The lowest BCUT2D eigenvalue weighted by Crippen LogP contribution is -2.29. The van der Waals surface area contributed by atoms with Crippen LogP contribution in [0.1, 0.15) is 12.2 Å². The lowest BCUT2D eigenvalue weighted by molar-refractivity contribution is -0.121. The summed E-state index contributed by atoms with van der Waals surface area (Å²) in [6.07, 6.45) is 0.801. The van der Waals surface area contributed by atoms with Gasteiger partial charge in [0.15, 0.2) is 0 Å². The molecular weight excluding hydrogens is 228 g/mol. The third-order valence-corrected chi connectivity index (χ3v) is 2.85. The van der Waals surface area contributed by atoms with Crippen molar-refractivity contribution in [1.82, 2.24) is 14.9 Å². The van der Waals surface area contributed by atoms with E-state index in [1.165, 1.54) is 0 Å². The molecule has 0 radical (unpaired) electrons. The first-order valence-electron chi connectivity index (χ1n) is 6.11. The predicted octanol–water partition coefficient (Wildman–Crippen LogP) is 0.810. The third kappa shape index (κ3) is 2.68. The maximum absolute atomic E-state index is 11.8. The molecular formula is C13H18N4O. The average molecular weight is 246 g/mol. The second-order valence-corrected chi connectivity index (χ2v) is 4.23. The van der Waals surface area contributed by atoms with Gasteiger partial charge >= 0.3 is 0 Å². The van der Waals surface area contributed by atoms with Crippen molar-refractivity contribution in [3.8, 4) is 0 Å². The van der Waals surface area contributed by atoms with E-state index in [-0.39, 0.29) is 5.91 Å². The van der Waals surface area contributed by atoms with E-state index < -0.39 is 0 Å². The largest absolute Gasteiger partial charge is 0.355 e. The van der Waals surface area contributed by atoms with Gasteiger partial charge in [0.05, 0.1) is 11.0 Å². The first-order valence-corrected chi connectivity index (χ1v) is 6.11. The van der Waals surface area contributed by atoms with E-state index in [4.69, 9.17) is 5.73 Å². The molecule has 0 bridgehead atoms. The van der Waals surface area contributed by atoms with Gasteiger partial charge in [0.2, 0.25) is 5.91 Å². The van der Waals surface area contributed by atoms with E-state index in [2.05, 4.69) is 10.3 Å². The van der Waals surface area contributed by atoms with Gasteiger partial charge in [-0.3, -0.25) is 4.79 Å². The number of aromatic nitrogens is 2. The molecule has 1 aromatic carbocycles. The van der Waals surface area contributed by atoms with E-state index in [0.717, 1.165) is 23.3 Å². The lowest BCUT2D eigenvalue weighted by atomic mass is 10.3. The second kappa shape index (κ2) is 5.64. The van der Waals surface area contributed by atoms with Crippen molar-refractivity contribution in [1.29, 1.82) is 0 Å². The van der Waals surface area contributed by atoms with Gasteiger partial charge in [0, 0.05) is 6.54 Å². The molecule has 0 aliphatic carbocycles. The monoisotopic (exact) mass is 246 g/mol. The van der Waals surface area contributed by atoms with Gasteiger partial charge < -0.3 is 15.6 Å². The summed E-state index contributed by atoms with van der Waals surface area (Å²) in [4.78, 5) is 16.2. The third-order valence-electron chi connectivity index (χ3n) is 2.85. The topological polar surface area (TPSA) is 72.9 Å². The van der Waals surface area contributed by atoms with Crippen LogP contribution in [0.3, 0.4) is 0 Å². The molecule has 0 aliphatic rings. The number of hydrogen-bond donors (Lipinski definition) is 2. The number of rotatable bonds is 5. The quantitative estimate of drug-likeness (QED) is 0.767. The number of fused-ring (bicyclic) bond motifs is 1. The summed E-state index contributed by atoms with van der Waals surface area (Å²) in [5, 5.41) is 2.85. The summed E-state index contributed by atoms with van der Waals surface area (Å²) in [6.45, 7) is 3.43. The van der Waals surface area contributed by atoms with Crippen molar-refractivity contribution in [3.63, 3.8) is 0 Å². The van der Waals surface area contributed by atoms with Gasteiger partial charge in [-0.05, 0) is 32.0 Å². The molecule has 3 N–H and O–H groups in total. The van der Waals surface area contributed by atoms with Crippen molar-refractivity contribution in [2.75, 3.05) is 13.1 Å². The fraction of sp³-hybridized carbons (Fsp3) is 0.385. The minimum Gasteiger partial charge on any atom is -0.355 e. The van der Waals surface area contributed by atoms with Crippen LogP contribution in [0.25, 0.3) is 11.0 Å². The van der Waals surface area contributed by atoms with Crippen molar-refractivity contribution >= 4 is 16.9 Å². The number of aryl methyl sites for hydroxylation is 1. The Bertz CT molecular complexity index is 547. The summed E-state index contributed by atoms with van der Waals surface area (Å²) in [5.74, 6) is 0.847. The van der Waals surface area contributed by atoms with E-state index in [9.17, 15) is 4.79 Å². The van der Waals surface area contributed by atoms with Gasteiger partial charge in [-0.25, -0.2) is 4.98 Å². The summed E-state index contributed by atoms with van der Waals surface area (Å²) in [6, 6.07) is 7.82. The van der Waals surface area contributed by atoms with Crippen LogP contribution >= 0.6 is 0 Å². The van der Waals surface area contributed by atoms with E-state index in [0.29, 0.717) is 19.6 Å². The molecule has 2 rings (SSSR count). The molecule has 0 fully saturated rings. The van der Waals surface area contributed by atoms with Gasteiger partial charge in [-0.2, -0.15) is 0 Å². The van der Waals surface area contributed by atoms with E-state index in [1.807, 2.05) is 35.8 Å². The van der Waals surface area contributed by atoms with Crippen molar-refractivity contribution < 1.29 is 4.79 Å². The zero-order valence-corrected chi connectivity index (χ0v) is 10.5. The van der Waals surface area contributed by atoms with Gasteiger partial charge in [-0.1, -0.05) is 12.1 Å². The Morgan fingerprint density at radius 3 is 3.00 bits per heavy atom. The molecule has 18 heavy (non-hydrogen) atoms. The molecule has 1 amide bonds. The number of nitrogens with zero attached hydrogens (tertiary/aromatic N) is 2. The zero-order chi connectivity index (χ0) is 13.0. The highest BCUT2D eigenvalue weighted by Gasteiger charge is 2.09.